The molecule has 0 saturated carbocycles. The number of rotatable bonds is 8. The summed E-state index contributed by atoms with van der Waals surface area (Å²) in [6.45, 7) is 8.27. The summed E-state index contributed by atoms with van der Waals surface area (Å²) in [6, 6.07) is 1.75. The van der Waals surface area contributed by atoms with E-state index in [1.54, 1.807) is 24.0 Å². The van der Waals surface area contributed by atoms with Crippen molar-refractivity contribution >= 4 is 21.8 Å². The number of hydrogen-bond donors (Lipinski definition) is 2. The van der Waals surface area contributed by atoms with Crippen molar-refractivity contribution in [3.05, 3.63) is 18.0 Å². The number of nitrogens with one attached hydrogen (secondary N) is 1. The SMILES string of the molecule is CCSCC(C)NS(=O)(=O)c1cc(CN)n(C(C)C)c1. The second kappa shape index (κ2) is 7.49. The summed E-state index contributed by atoms with van der Waals surface area (Å²) in [7, 11) is -3.47. The van der Waals surface area contributed by atoms with Gasteiger partial charge in [-0.1, -0.05) is 6.92 Å². The summed E-state index contributed by atoms with van der Waals surface area (Å²) < 4.78 is 29.3. The predicted molar refractivity (Wildman–Crippen MR) is 85.5 cm³/mol. The lowest BCUT2D eigenvalue weighted by molar-refractivity contribution is 0.564. The molecule has 1 aromatic heterocycles. The summed E-state index contributed by atoms with van der Waals surface area (Å²) >= 11 is 1.72. The summed E-state index contributed by atoms with van der Waals surface area (Å²) in [6.07, 6.45) is 1.66. The average molecular weight is 319 g/mol. The molecule has 7 heteroatoms. The van der Waals surface area contributed by atoms with Crippen LogP contribution in [0.4, 0.5) is 0 Å². The third kappa shape index (κ3) is 4.51. The van der Waals surface area contributed by atoms with E-state index in [0.29, 0.717) is 11.4 Å². The summed E-state index contributed by atoms with van der Waals surface area (Å²) in [4.78, 5) is 0.292. The molecule has 1 heterocycles. The average Bonchev–Trinajstić information content (AvgIpc) is 2.80. The molecule has 3 N–H and O–H groups in total. The zero-order valence-electron chi connectivity index (χ0n) is 12.6. The first-order chi connectivity index (χ1) is 9.31. The Morgan fingerprint density at radius 2 is 2.05 bits per heavy atom. The second-order valence-corrected chi connectivity index (χ2v) is 8.09. The van der Waals surface area contributed by atoms with Gasteiger partial charge in [0, 0.05) is 36.3 Å². The molecule has 0 aliphatic rings. The van der Waals surface area contributed by atoms with Crippen molar-refractivity contribution in [3.63, 3.8) is 0 Å². The largest absolute Gasteiger partial charge is 0.346 e. The van der Waals surface area contributed by atoms with E-state index in [9.17, 15) is 8.42 Å². The third-order valence-electron chi connectivity index (χ3n) is 2.91. The molecule has 0 radical (unpaired) electrons. The molecule has 116 valence electrons. The number of sulfonamides is 1. The van der Waals surface area contributed by atoms with Gasteiger partial charge < -0.3 is 10.3 Å². The van der Waals surface area contributed by atoms with Crippen LogP contribution in [0.3, 0.4) is 0 Å². The van der Waals surface area contributed by atoms with E-state index in [2.05, 4.69) is 11.6 Å². The maximum Gasteiger partial charge on any atom is 0.242 e. The van der Waals surface area contributed by atoms with Gasteiger partial charge in [0.25, 0.3) is 0 Å². The van der Waals surface area contributed by atoms with E-state index in [1.807, 2.05) is 25.3 Å². The van der Waals surface area contributed by atoms with Crippen LogP contribution in [0, 0.1) is 0 Å². The van der Waals surface area contributed by atoms with Gasteiger partial charge in [-0.2, -0.15) is 11.8 Å². The first-order valence-electron chi connectivity index (χ1n) is 6.82. The molecule has 1 atom stereocenters. The summed E-state index contributed by atoms with van der Waals surface area (Å²) in [5, 5.41) is 0. The van der Waals surface area contributed by atoms with Crippen LogP contribution in [0.15, 0.2) is 17.2 Å². The van der Waals surface area contributed by atoms with Crippen molar-refractivity contribution < 1.29 is 8.42 Å². The van der Waals surface area contributed by atoms with Gasteiger partial charge in [-0.25, -0.2) is 13.1 Å². The lowest BCUT2D eigenvalue weighted by atomic mass is 10.3. The number of nitrogens with two attached hydrogens (primary N) is 1. The van der Waals surface area contributed by atoms with Gasteiger partial charge in [-0.3, -0.25) is 0 Å². The Morgan fingerprint density at radius 1 is 1.40 bits per heavy atom. The highest BCUT2D eigenvalue weighted by Crippen LogP contribution is 2.19. The van der Waals surface area contributed by atoms with Crippen LogP contribution in [0.25, 0.3) is 0 Å². The van der Waals surface area contributed by atoms with Crippen LogP contribution in [0.2, 0.25) is 0 Å². The Labute approximate surface area is 126 Å². The van der Waals surface area contributed by atoms with Gasteiger partial charge in [0.2, 0.25) is 10.0 Å². The van der Waals surface area contributed by atoms with Crippen molar-refractivity contribution in [1.29, 1.82) is 0 Å². The highest BCUT2D eigenvalue weighted by atomic mass is 32.2. The number of nitrogens with zero attached hydrogens (tertiary/aromatic N) is 1. The van der Waals surface area contributed by atoms with Gasteiger partial charge >= 0.3 is 0 Å². The topological polar surface area (TPSA) is 77.1 Å². The highest BCUT2D eigenvalue weighted by molar-refractivity contribution is 7.99. The first-order valence-corrected chi connectivity index (χ1v) is 9.46. The van der Waals surface area contributed by atoms with Gasteiger partial charge in [-0.05, 0) is 32.6 Å². The molecule has 5 nitrogen and oxygen atoms in total. The van der Waals surface area contributed by atoms with E-state index in [1.165, 1.54) is 0 Å². The maximum absolute atomic E-state index is 12.3. The molecule has 1 rings (SSSR count). The summed E-state index contributed by atoms with van der Waals surface area (Å²) in [5.41, 5.74) is 6.50. The van der Waals surface area contributed by atoms with Gasteiger partial charge in [-0.15, -0.1) is 0 Å². The molecular weight excluding hydrogens is 294 g/mol. The molecule has 0 amide bonds. The van der Waals surface area contributed by atoms with Crippen LogP contribution < -0.4 is 10.5 Å². The van der Waals surface area contributed by atoms with Crippen LogP contribution >= 0.6 is 11.8 Å². The fourth-order valence-corrected chi connectivity index (χ4v) is 4.02. The van der Waals surface area contributed by atoms with E-state index in [0.717, 1.165) is 17.2 Å². The van der Waals surface area contributed by atoms with Crippen LogP contribution in [-0.4, -0.2) is 30.5 Å². The van der Waals surface area contributed by atoms with E-state index < -0.39 is 10.0 Å². The first kappa shape index (κ1) is 17.6. The Balaban J connectivity index is 2.92. The van der Waals surface area contributed by atoms with E-state index in [4.69, 9.17) is 5.73 Å². The molecule has 1 aromatic rings. The van der Waals surface area contributed by atoms with Gasteiger partial charge in [0.05, 0.1) is 4.90 Å². The summed E-state index contributed by atoms with van der Waals surface area (Å²) in [5.74, 6) is 1.75. The van der Waals surface area contributed by atoms with E-state index >= 15 is 0 Å². The van der Waals surface area contributed by atoms with Crippen LogP contribution in [0.5, 0.6) is 0 Å². The number of thioether (sulfide) groups is 1. The molecule has 0 aliphatic carbocycles. The quantitative estimate of drug-likeness (QED) is 0.768. The van der Waals surface area contributed by atoms with Crippen molar-refractivity contribution in [2.75, 3.05) is 11.5 Å². The van der Waals surface area contributed by atoms with Crippen molar-refractivity contribution in [2.45, 2.75) is 51.2 Å². The third-order valence-corrected chi connectivity index (χ3v) is 5.61. The minimum Gasteiger partial charge on any atom is -0.346 e. The molecule has 0 spiro atoms. The molecule has 0 bridgehead atoms. The predicted octanol–water partition coefficient (Wildman–Crippen LogP) is 1.95. The monoisotopic (exact) mass is 319 g/mol. The Hall–Kier alpha value is -0.500. The Kier molecular flexibility index (Phi) is 6.57. The standard InChI is InChI=1S/C13H25N3O2S2/c1-5-19-9-11(4)15-20(17,18)13-6-12(7-14)16(8-13)10(2)3/h6,8,10-11,15H,5,7,9,14H2,1-4H3. The number of hydrogen-bond acceptors (Lipinski definition) is 4. The van der Waals surface area contributed by atoms with Crippen molar-refractivity contribution in [1.82, 2.24) is 9.29 Å². The molecule has 0 saturated heterocycles. The van der Waals surface area contributed by atoms with Crippen LogP contribution in [0.1, 0.15) is 39.4 Å². The van der Waals surface area contributed by atoms with Crippen molar-refractivity contribution in [2.24, 2.45) is 5.73 Å². The highest BCUT2D eigenvalue weighted by Gasteiger charge is 2.21. The molecular formula is C13H25N3O2S2. The molecule has 1 unspecified atom stereocenters. The fourth-order valence-electron chi connectivity index (χ4n) is 1.95. The minimum absolute atomic E-state index is 0.0892. The fraction of sp³-hybridized carbons (Fsp3) is 0.692. The zero-order chi connectivity index (χ0) is 15.3. The maximum atomic E-state index is 12.3. The normalized spacial score (nSPS) is 13.9. The zero-order valence-corrected chi connectivity index (χ0v) is 14.2. The second-order valence-electron chi connectivity index (χ2n) is 5.05. The van der Waals surface area contributed by atoms with E-state index in [-0.39, 0.29) is 12.1 Å². The smallest absolute Gasteiger partial charge is 0.242 e. The Bertz CT molecular complexity index is 524. The molecule has 0 aliphatic heterocycles. The Morgan fingerprint density at radius 3 is 2.50 bits per heavy atom. The lowest BCUT2D eigenvalue weighted by Gasteiger charge is -2.13. The lowest BCUT2D eigenvalue weighted by Crippen LogP contribution is -2.34. The number of aromatic nitrogens is 1. The van der Waals surface area contributed by atoms with Gasteiger partial charge in [0.1, 0.15) is 0 Å². The minimum atomic E-state index is -3.47. The van der Waals surface area contributed by atoms with Gasteiger partial charge in [0.15, 0.2) is 0 Å². The molecule has 0 fully saturated rings. The van der Waals surface area contributed by atoms with Crippen molar-refractivity contribution in [3.8, 4) is 0 Å². The van der Waals surface area contributed by atoms with Crippen LogP contribution in [-0.2, 0) is 16.6 Å². The molecule has 20 heavy (non-hydrogen) atoms. The molecule has 0 aromatic carbocycles.